The summed E-state index contributed by atoms with van der Waals surface area (Å²) in [6.45, 7) is 5.01. The minimum absolute atomic E-state index is 0.216. The van der Waals surface area contributed by atoms with Gasteiger partial charge in [0.15, 0.2) is 16.6 Å². The highest BCUT2D eigenvalue weighted by atomic mass is 32.1. The Labute approximate surface area is 168 Å². The first-order valence-electron chi connectivity index (χ1n) is 9.76. The monoisotopic (exact) mass is 403 g/mol. The molecule has 7 nitrogen and oxygen atoms in total. The zero-order valence-electron chi connectivity index (χ0n) is 16.0. The minimum atomic E-state index is -0.216. The summed E-state index contributed by atoms with van der Waals surface area (Å²) in [7, 11) is 0. The predicted octanol–water partition coefficient (Wildman–Crippen LogP) is 4.00. The van der Waals surface area contributed by atoms with Gasteiger partial charge in [0.1, 0.15) is 0 Å². The van der Waals surface area contributed by atoms with Gasteiger partial charge in [-0.1, -0.05) is 0 Å². The van der Waals surface area contributed by atoms with Crippen molar-refractivity contribution in [1.29, 1.82) is 0 Å². The number of carbonyl (C=O) groups is 1. The number of aromatic nitrogens is 1. The highest BCUT2D eigenvalue weighted by Gasteiger charge is 2.24. The van der Waals surface area contributed by atoms with Gasteiger partial charge in [0.25, 0.3) is 0 Å². The van der Waals surface area contributed by atoms with Gasteiger partial charge in [-0.05, 0) is 38.0 Å². The summed E-state index contributed by atoms with van der Waals surface area (Å²) in [5, 5.41) is 6.46. The first kappa shape index (κ1) is 18.9. The fourth-order valence-corrected chi connectivity index (χ4v) is 4.19. The molecule has 0 radical (unpaired) electrons. The van der Waals surface area contributed by atoms with Gasteiger partial charge in [-0.25, -0.2) is 9.78 Å². The highest BCUT2D eigenvalue weighted by Crippen LogP contribution is 2.35. The number of likely N-dealkylation sites (tertiary alicyclic amines) is 1. The number of fused-ring (bicyclic) bond motifs is 1. The first-order valence-corrected chi connectivity index (χ1v) is 10.6. The molecular formula is C20H25N3O4S. The maximum atomic E-state index is 11.8. The SMILES string of the molecule is CCOC(=O)N1CCC(Nc2nc(-c3ccc4c(c3)OCCCO4)cs2)CC1. The van der Waals surface area contributed by atoms with E-state index in [0.717, 1.165) is 47.2 Å². The van der Waals surface area contributed by atoms with Crippen LogP contribution in [0, 0.1) is 0 Å². The molecule has 0 bridgehead atoms. The normalized spacial score (nSPS) is 17.1. The number of benzene rings is 1. The average Bonchev–Trinajstić information content (AvgIpc) is 3.04. The van der Waals surface area contributed by atoms with Crippen molar-refractivity contribution in [2.24, 2.45) is 0 Å². The highest BCUT2D eigenvalue weighted by molar-refractivity contribution is 7.14. The molecule has 1 N–H and O–H groups in total. The lowest BCUT2D eigenvalue weighted by Gasteiger charge is -2.31. The first-order chi connectivity index (χ1) is 13.7. The molecule has 0 saturated carbocycles. The zero-order valence-corrected chi connectivity index (χ0v) is 16.8. The Morgan fingerprint density at radius 2 is 2.07 bits per heavy atom. The maximum Gasteiger partial charge on any atom is 0.409 e. The number of amides is 1. The molecule has 1 aromatic carbocycles. The quantitative estimate of drug-likeness (QED) is 0.832. The second-order valence-corrected chi connectivity index (χ2v) is 7.71. The van der Waals surface area contributed by atoms with E-state index in [9.17, 15) is 4.79 Å². The topological polar surface area (TPSA) is 72.9 Å². The van der Waals surface area contributed by atoms with Crippen LogP contribution in [0.1, 0.15) is 26.2 Å². The molecular weight excluding hydrogens is 378 g/mol. The van der Waals surface area contributed by atoms with Crippen molar-refractivity contribution in [2.75, 3.05) is 38.2 Å². The van der Waals surface area contributed by atoms with Gasteiger partial charge < -0.3 is 24.4 Å². The molecule has 0 unspecified atom stereocenters. The van der Waals surface area contributed by atoms with Gasteiger partial charge in [0.2, 0.25) is 0 Å². The fraction of sp³-hybridized carbons (Fsp3) is 0.500. The molecule has 4 rings (SSSR count). The molecule has 1 saturated heterocycles. The lowest BCUT2D eigenvalue weighted by molar-refractivity contribution is 0.0983. The lowest BCUT2D eigenvalue weighted by Crippen LogP contribution is -2.42. The van der Waals surface area contributed by atoms with Crippen LogP contribution in [0.5, 0.6) is 11.5 Å². The molecule has 0 spiro atoms. The van der Waals surface area contributed by atoms with Crippen LogP contribution < -0.4 is 14.8 Å². The van der Waals surface area contributed by atoms with Crippen LogP contribution in [-0.2, 0) is 4.74 Å². The molecule has 2 aliphatic heterocycles. The lowest BCUT2D eigenvalue weighted by atomic mass is 10.1. The molecule has 3 heterocycles. The van der Waals surface area contributed by atoms with E-state index in [2.05, 4.69) is 10.7 Å². The van der Waals surface area contributed by atoms with Gasteiger partial charge in [-0.3, -0.25) is 0 Å². The number of thiazole rings is 1. The number of ether oxygens (including phenoxy) is 3. The Morgan fingerprint density at radius 1 is 1.29 bits per heavy atom. The molecule has 1 amide bonds. The Morgan fingerprint density at radius 3 is 2.86 bits per heavy atom. The van der Waals surface area contributed by atoms with Crippen LogP contribution in [0.25, 0.3) is 11.3 Å². The van der Waals surface area contributed by atoms with Crippen LogP contribution >= 0.6 is 11.3 Å². The molecule has 28 heavy (non-hydrogen) atoms. The van der Waals surface area contributed by atoms with E-state index < -0.39 is 0 Å². The fourth-order valence-electron chi connectivity index (χ4n) is 3.39. The number of nitrogens with zero attached hydrogens (tertiary/aromatic N) is 2. The van der Waals surface area contributed by atoms with Gasteiger partial charge in [0, 0.05) is 36.5 Å². The number of hydrogen-bond donors (Lipinski definition) is 1. The summed E-state index contributed by atoms with van der Waals surface area (Å²) >= 11 is 1.60. The maximum absolute atomic E-state index is 11.8. The summed E-state index contributed by atoms with van der Waals surface area (Å²) in [5.74, 6) is 1.58. The third-order valence-corrected chi connectivity index (χ3v) is 5.67. The molecule has 0 aliphatic carbocycles. The van der Waals surface area contributed by atoms with Crippen molar-refractivity contribution in [3.05, 3.63) is 23.6 Å². The Kier molecular flexibility index (Phi) is 5.85. The molecule has 0 atom stereocenters. The molecule has 150 valence electrons. The Hall–Kier alpha value is -2.48. The van der Waals surface area contributed by atoms with Gasteiger partial charge >= 0.3 is 6.09 Å². The number of nitrogens with one attached hydrogen (secondary N) is 1. The number of anilines is 1. The third-order valence-electron chi connectivity index (χ3n) is 4.90. The van der Waals surface area contributed by atoms with Crippen molar-refractivity contribution in [3.63, 3.8) is 0 Å². The standard InChI is InChI=1S/C20H25N3O4S/c1-2-25-20(24)23-8-6-15(7-9-23)21-19-22-16(13-28-19)14-4-5-17-18(12-14)27-11-3-10-26-17/h4-5,12-13,15H,2-3,6-11H2,1H3,(H,21,22). The van der Waals surface area contributed by atoms with E-state index in [1.165, 1.54) is 0 Å². The smallest absolute Gasteiger partial charge is 0.409 e. The van der Waals surface area contributed by atoms with Crippen LogP contribution in [0.15, 0.2) is 23.6 Å². The van der Waals surface area contributed by atoms with Crippen LogP contribution in [0.4, 0.5) is 9.93 Å². The van der Waals surface area contributed by atoms with Crippen LogP contribution in [0.2, 0.25) is 0 Å². The van der Waals surface area contributed by atoms with Gasteiger partial charge in [0.05, 0.1) is 25.5 Å². The minimum Gasteiger partial charge on any atom is -0.490 e. The van der Waals surface area contributed by atoms with Crippen molar-refractivity contribution in [2.45, 2.75) is 32.2 Å². The Bertz CT molecular complexity index is 818. The molecule has 1 aromatic heterocycles. The number of carbonyl (C=O) groups excluding carboxylic acids is 1. The van der Waals surface area contributed by atoms with Crippen molar-refractivity contribution >= 4 is 22.6 Å². The largest absolute Gasteiger partial charge is 0.490 e. The van der Waals surface area contributed by atoms with Gasteiger partial charge in [-0.15, -0.1) is 11.3 Å². The summed E-state index contributed by atoms with van der Waals surface area (Å²) in [6, 6.07) is 6.28. The molecule has 1 fully saturated rings. The van der Waals surface area contributed by atoms with E-state index in [-0.39, 0.29) is 6.09 Å². The summed E-state index contributed by atoms with van der Waals surface area (Å²) in [6.07, 6.45) is 2.45. The van der Waals surface area contributed by atoms with Crippen molar-refractivity contribution < 1.29 is 19.0 Å². The third kappa shape index (κ3) is 4.32. The number of rotatable bonds is 4. The van der Waals surface area contributed by atoms with Crippen molar-refractivity contribution in [1.82, 2.24) is 9.88 Å². The van der Waals surface area contributed by atoms with Crippen molar-refractivity contribution in [3.8, 4) is 22.8 Å². The molecule has 2 aliphatic rings. The second kappa shape index (κ2) is 8.68. The second-order valence-electron chi connectivity index (χ2n) is 6.85. The molecule has 2 aromatic rings. The van der Waals surface area contributed by atoms with E-state index in [0.29, 0.717) is 39.0 Å². The van der Waals surface area contributed by atoms with Gasteiger partial charge in [-0.2, -0.15) is 0 Å². The van der Waals surface area contributed by atoms with E-state index >= 15 is 0 Å². The van der Waals surface area contributed by atoms with Crippen LogP contribution in [0.3, 0.4) is 0 Å². The summed E-state index contributed by atoms with van der Waals surface area (Å²) in [4.78, 5) is 18.3. The Balaban J connectivity index is 1.36. The number of hydrogen-bond acceptors (Lipinski definition) is 7. The summed E-state index contributed by atoms with van der Waals surface area (Å²) in [5.41, 5.74) is 1.94. The average molecular weight is 404 g/mol. The zero-order chi connectivity index (χ0) is 19.3. The van der Waals surface area contributed by atoms with E-state index in [4.69, 9.17) is 19.2 Å². The van der Waals surface area contributed by atoms with Crippen LogP contribution in [-0.4, -0.2) is 54.9 Å². The van der Waals surface area contributed by atoms with E-state index in [1.54, 1.807) is 16.2 Å². The molecule has 8 heteroatoms. The predicted molar refractivity (Wildman–Crippen MR) is 108 cm³/mol. The number of piperidine rings is 1. The van der Waals surface area contributed by atoms with E-state index in [1.807, 2.05) is 25.1 Å². The summed E-state index contributed by atoms with van der Waals surface area (Å²) < 4.78 is 16.5.